The Bertz CT molecular complexity index is 340. The summed E-state index contributed by atoms with van der Waals surface area (Å²) in [5.41, 5.74) is 0. The van der Waals surface area contributed by atoms with E-state index in [1.807, 2.05) is 0 Å². The van der Waals surface area contributed by atoms with Gasteiger partial charge in [0.2, 0.25) is 5.91 Å². The van der Waals surface area contributed by atoms with Gasteiger partial charge in [-0.2, -0.15) is 0 Å². The van der Waals surface area contributed by atoms with Crippen LogP contribution in [0.15, 0.2) is 0 Å². The van der Waals surface area contributed by atoms with E-state index in [1.165, 1.54) is 32.1 Å². The summed E-state index contributed by atoms with van der Waals surface area (Å²) in [4.78, 5) is 24.5. The summed E-state index contributed by atoms with van der Waals surface area (Å²) in [5.74, 6) is -0.515. The highest BCUT2D eigenvalue weighted by Gasteiger charge is 2.29. The van der Waals surface area contributed by atoms with Crippen LogP contribution in [0, 0.1) is 5.92 Å². The molecular weight excluding hydrogens is 256 g/mol. The molecular formula is C15H26N2O3. The van der Waals surface area contributed by atoms with Crippen molar-refractivity contribution in [3.63, 3.8) is 0 Å². The van der Waals surface area contributed by atoms with Gasteiger partial charge in [-0.05, 0) is 31.7 Å². The average molecular weight is 282 g/mol. The molecule has 0 aromatic carbocycles. The number of nitrogens with zero attached hydrogens (tertiary/aromatic N) is 1. The summed E-state index contributed by atoms with van der Waals surface area (Å²) in [6.07, 6.45) is 7.92. The molecule has 114 valence electrons. The summed E-state index contributed by atoms with van der Waals surface area (Å²) < 4.78 is 0. The molecule has 2 rings (SSSR count). The first-order chi connectivity index (χ1) is 9.65. The van der Waals surface area contributed by atoms with Crippen LogP contribution in [0.1, 0.15) is 51.4 Å². The zero-order valence-corrected chi connectivity index (χ0v) is 12.1. The molecule has 0 radical (unpaired) electrons. The van der Waals surface area contributed by atoms with Gasteiger partial charge >= 0.3 is 5.97 Å². The predicted molar refractivity (Wildman–Crippen MR) is 76.4 cm³/mol. The van der Waals surface area contributed by atoms with E-state index in [9.17, 15) is 9.59 Å². The highest BCUT2D eigenvalue weighted by Crippen LogP contribution is 2.27. The highest BCUT2D eigenvalue weighted by molar-refractivity contribution is 5.80. The quantitative estimate of drug-likeness (QED) is 0.777. The Labute approximate surface area is 120 Å². The van der Waals surface area contributed by atoms with Crippen LogP contribution in [-0.2, 0) is 9.59 Å². The Morgan fingerprint density at radius 1 is 1.10 bits per heavy atom. The number of nitrogens with one attached hydrogen (secondary N) is 1. The number of carbonyl (C=O) groups excluding carboxylic acids is 1. The normalized spacial score (nSPS) is 24.7. The molecule has 1 aliphatic heterocycles. The fourth-order valence-corrected chi connectivity index (χ4v) is 3.37. The lowest BCUT2D eigenvalue weighted by Gasteiger charge is -2.31. The molecule has 0 bridgehead atoms. The van der Waals surface area contributed by atoms with Crippen LogP contribution in [0.3, 0.4) is 0 Å². The van der Waals surface area contributed by atoms with Crippen LogP contribution in [0.5, 0.6) is 0 Å². The largest absolute Gasteiger partial charge is 0.481 e. The summed E-state index contributed by atoms with van der Waals surface area (Å²) in [6, 6.07) is 0.761. The van der Waals surface area contributed by atoms with Crippen molar-refractivity contribution in [1.29, 1.82) is 0 Å². The van der Waals surface area contributed by atoms with Crippen LogP contribution < -0.4 is 5.32 Å². The molecule has 2 fully saturated rings. The van der Waals surface area contributed by atoms with Crippen LogP contribution in [0.2, 0.25) is 0 Å². The lowest BCUT2D eigenvalue weighted by molar-refractivity contribution is -0.138. The summed E-state index contributed by atoms with van der Waals surface area (Å²) >= 11 is 0. The van der Waals surface area contributed by atoms with Crippen molar-refractivity contribution < 1.29 is 14.7 Å². The van der Waals surface area contributed by atoms with E-state index in [4.69, 9.17) is 5.11 Å². The highest BCUT2D eigenvalue weighted by atomic mass is 16.4. The molecule has 0 aromatic heterocycles. The molecule has 5 nitrogen and oxygen atoms in total. The molecule has 0 aromatic rings. The number of likely N-dealkylation sites (tertiary alicyclic amines) is 1. The number of hydrogen-bond acceptors (Lipinski definition) is 3. The number of hydrogen-bond donors (Lipinski definition) is 2. The third-order valence-corrected chi connectivity index (χ3v) is 4.56. The second kappa shape index (κ2) is 7.62. The van der Waals surface area contributed by atoms with E-state index < -0.39 is 5.97 Å². The second-order valence-corrected chi connectivity index (χ2v) is 6.14. The van der Waals surface area contributed by atoms with Gasteiger partial charge in [0.15, 0.2) is 0 Å². The molecule has 1 aliphatic carbocycles. The molecule has 1 amide bonds. The zero-order chi connectivity index (χ0) is 14.4. The summed E-state index contributed by atoms with van der Waals surface area (Å²) in [6.45, 7) is 2.94. The molecule has 1 atom stereocenters. The lowest BCUT2D eigenvalue weighted by atomic mass is 9.94. The van der Waals surface area contributed by atoms with Crippen molar-refractivity contribution in [2.45, 2.75) is 57.4 Å². The lowest BCUT2D eigenvalue weighted by Crippen LogP contribution is -2.36. The van der Waals surface area contributed by atoms with E-state index in [1.54, 1.807) is 0 Å². The molecule has 2 N–H and O–H groups in total. The number of carboxylic acids is 1. The number of rotatable bonds is 6. The van der Waals surface area contributed by atoms with Crippen LogP contribution in [0.4, 0.5) is 0 Å². The third kappa shape index (κ3) is 4.78. The molecule has 20 heavy (non-hydrogen) atoms. The van der Waals surface area contributed by atoms with Crippen molar-refractivity contribution in [1.82, 2.24) is 10.2 Å². The van der Waals surface area contributed by atoms with E-state index >= 15 is 0 Å². The van der Waals surface area contributed by atoms with E-state index in [2.05, 4.69) is 10.2 Å². The van der Waals surface area contributed by atoms with Gasteiger partial charge < -0.3 is 15.3 Å². The molecule has 1 saturated carbocycles. The SMILES string of the molecule is O=C(O)CCC(=O)NC[C@@H]1CCN(C2CCCCC2)C1. The maximum absolute atomic E-state index is 11.5. The number of amides is 1. The molecule has 1 heterocycles. The Kier molecular flexibility index (Phi) is 5.83. The summed E-state index contributed by atoms with van der Waals surface area (Å²) in [7, 11) is 0. The maximum atomic E-state index is 11.5. The van der Waals surface area contributed by atoms with Crippen LogP contribution in [-0.4, -0.2) is 47.6 Å². The first-order valence-electron chi connectivity index (χ1n) is 7.87. The molecule has 0 spiro atoms. The first kappa shape index (κ1) is 15.3. The molecule has 5 heteroatoms. The van der Waals surface area contributed by atoms with Gasteiger partial charge in [-0.15, -0.1) is 0 Å². The van der Waals surface area contributed by atoms with Crippen LogP contribution >= 0.6 is 0 Å². The second-order valence-electron chi connectivity index (χ2n) is 6.14. The Balaban J connectivity index is 1.63. The molecule has 0 unspecified atom stereocenters. The fraction of sp³-hybridized carbons (Fsp3) is 0.867. The minimum atomic E-state index is -0.913. The first-order valence-corrected chi connectivity index (χ1v) is 7.87. The van der Waals surface area contributed by atoms with Crippen molar-refractivity contribution in [2.24, 2.45) is 5.92 Å². The monoisotopic (exact) mass is 282 g/mol. The van der Waals surface area contributed by atoms with Crippen molar-refractivity contribution >= 4 is 11.9 Å². The topological polar surface area (TPSA) is 69.6 Å². The Hall–Kier alpha value is -1.10. The van der Waals surface area contributed by atoms with Gasteiger partial charge in [0, 0.05) is 25.6 Å². The number of carboxylic acid groups (broad SMARTS) is 1. The minimum absolute atomic E-state index is 0.0787. The van der Waals surface area contributed by atoms with Gasteiger partial charge in [0.25, 0.3) is 0 Å². The smallest absolute Gasteiger partial charge is 0.303 e. The van der Waals surface area contributed by atoms with Gasteiger partial charge in [0.1, 0.15) is 0 Å². The zero-order valence-electron chi connectivity index (χ0n) is 12.1. The van der Waals surface area contributed by atoms with E-state index in [0.717, 1.165) is 25.6 Å². The Morgan fingerprint density at radius 2 is 1.85 bits per heavy atom. The van der Waals surface area contributed by atoms with Crippen molar-refractivity contribution in [2.75, 3.05) is 19.6 Å². The third-order valence-electron chi connectivity index (χ3n) is 4.56. The average Bonchev–Trinajstić information content (AvgIpc) is 2.93. The van der Waals surface area contributed by atoms with Crippen molar-refractivity contribution in [3.8, 4) is 0 Å². The standard InChI is InChI=1S/C15H26N2O3/c18-14(6-7-15(19)20)16-10-12-8-9-17(11-12)13-4-2-1-3-5-13/h12-13H,1-11H2,(H,16,18)(H,19,20)/t12-/m0/s1. The minimum Gasteiger partial charge on any atom is -0.481 e. The number of aliphatic carboxylic acids is 1. The summed E-state index contributed by atoms with van der Waals surface area (Å²) in [5, 5.41) is 11.4. The van der Waals surface area contributed by atoms with Crippen molar-refractivity contribution in [3.05, 3.63) is 0 Å². The number of carbonyl (C=O) groups is 2. The van der Waals surface area contributed by atoms with Gasteiger partial charge in [-0.25, -0.2) is 0 Å². The van der Waals surface area contributed by atoms with Crippen LogP contribution in [0.25, 0.3) is 0 Å². The van der Waals surface area contributed by atoms with Gasteiger partial charge in [-0.3, -0.25) is 9.59 Å². The Morgan fingerprint density at radius 3 is 2.55 bits per heavy atom. The molecule has 2 aliphatic rings. The predicted octanol–water partition coefficient (Wildman–Crippen LogP) is 1.62. The van der Waals surface area contributed by atoms with E-state index in [-0.39, 0.29) is 18.7 Å². The maximum Gasteiger partial charge on any atom is 0.303 e. The van der Waals surface area contributed by atoms with Gasteiger partial charge in [0.05, 0.1) is 6.42 Å². The fourth-order valence-electron chi connectivity index (χ4n) is 3.37. The molecule has 1 saturated heterocycles. The van der Waals surface area contributed by atoms with Gasteiger partial charge in [-0.1, -0.05) is 19.3 Å². The van der Waals surface area contributed by atoms with E-state index in [0.29, 0.717) is 12.5 Å².